The number of rotatable bonds is 6. The number of amides is 1. The van der Waals surface area contributed by atoms with Crippen molar-refractivity contribution < 1.29 is 13.2 Å². The summed E-state index contributed by atoms with van der Waals surface area (Å²) in [6.45, 7) is 4.51. The molecule has 2 aromatic carbocycles. The van der Waals surface area contributed by atoms with Crippen molar-refractivity contribution in [1.29, 1.82) is 0 Å². The molecule has 27 heavy (non-hydrogen) atoms. The SMILES string of the molecule is Cc1ccc(CNC(=O)C2CNNC2S(=O)(=O)Nc2ccc(C)cc2)cc1. The van der Waals surface area contributed by atoms with Crippen LogP contribution in [0.3, 0.4) is 0 Å². The minimum atomic E-state index is -3.79. The first-order valence-corrected chi connectivity index (χ1v) is 10.3. The van der Waals surface area contributed by atoms with Crippen LogP contribution >= 0.6 is 0 Å². The number of benzene rings is 2. The van der Waals surface area contributed by atoms with E-state index < -0.39 is 21.3 Å². The van der Waals surface area contributed by atoms with Gasteiger partial charge in [0.1, 0.15) is 0 Å². The summed E-state index contributed by atoms with van der Waals surface area (Å²) in [4.78, 5) is 12.6. The summed E-state index contributed by atoms with van der Waals surface area (Å²) in [5.41, 5.74) is 9.09. The fourth-order valence-corrected chi connectivity index (χ4v) is 4.36. The molecule has 1 aliphatic rings. The van der Waals surface area contributed by atoms with Crippen molar-refractivity contribution in [2.45, 2.75) is 25.8 Å². The third-order valence-electron chi connectivity index (χ3n) is 4.50. The van der Waals surface area contributed by atoms with Crippen LogP contribution in [0.4, 0.5) is 5.69 Å². The van der Waals surface area contributed by atoms with Crippen LogP contribution in [0.2, 0.25) is 0 Å². The Morgan fingerprint density at radius 3 is 2.26 bits per heavy atom. The molecular weight excluding hydrogens is 364 g/mol. The Morgan fingerprint density at radius 2 is 1.63 bits per heavy atom. The Labute approximate surface area is 159 Å². The first kappa shape index (κ1) is 19.3. The van der Waals surface area contributed by atoms with Crippen LogP contribution in [0.15, 0.2) is 48.5 Å². The number of carbonyl (C=O) groups is 1. The number of nitrogens with one attached hydrogen (secondary N) is 4. The lowest BCUT2D eigenvalue weighted by Crippen LogP contribution is -2.46. The molecule has 0 aliphatic carbocycles. The molecule has 0 spiro atoms. The lowest BCUT2D eigenvalue weighted by molar-refractivity contribution is -0.124. The zero-order valence-electron chi connectivity index (χ0n) is 15.3. The molecule has 144 valence electrons. The summed E-state index contributed by atoms with van der Waals surface area (Å²) < 4.78 is 28.0. The summed E-state index contributed by atoms with van der Waals surface area (Å²) >= 11 is 0. The zero-order chi connectivity index (χ0) is 19.4. The minimum Gasteiger partial charge on any atom is -0.352 e. The fourth-order valence-electron chi connectivity index (χ4n) is 2.88. The van der Waals surface area contributed by atoms with E-state index in [4.69, 9.17) is 0 Å². The molecule has 1 fully saturated rings. The highest BCUT2D eigenvalue weighted by molar-refractivity contribution is 7.93. The topological polar surface area (TPSA) is 99.3 Å². The first-order valence-electron chi connectivity index (χ1n) is 8.75. The third kappa shape index (κ3) is 4.85. The number of aryl methyl sites for hydroxylation is 2. The van der Waals surface area contributed by atoms with Crippen LogP contribution < -0.4 is 20.9 Å². The molecule has 1 amide bonds. The second kappa shape index (κ2) is 8.08. The molecule has 3 rings (SSSR count). The first-order chi connectivity index (χ1) is 12.8. The van der Waals surface area contributed by atoms with E-state index in [1.54, 1.807) is 12.1 Å². The van der Waals surface area contributed by atoms with Gasteiger partial charge >= 0.3 is 0 Å². The Kier molecular flexibility index (Phi) is 5.79. The summed E-state index contributed by atoms with van der Waals surface area (Å²) in [6.07, 6.45) is 0. The molecule has 2 atom stereocenters. The molecule has 0 bridgehead atoms. The van der Waals surface area contributed by atoms with Gasteiger partial charge in [0.15, 0.2) is 5.37 Å². The monoisotopic (exact) mass is 388 g/mol. The third-order valence-corrected chi connectivity index (χ3v) is 6.14. The lowest BCUT2D eigenvalue weighted by Gasteiger charge is -2.19. The molecule has 1 heterocycles. The van der Waals surface area contributed by atoms with E-state index in [0.717, 1.165) is 16.7 Å². The number of hydrazine groups is 1. The molecule has 2 aromatic rings. The van der Waals surface area contributed by atoms with Gasteiger partial charge < -0.3 is 5.32 Å². The number of anilines is 1. The summed E-state index contributed by atoms with van der Waals surface area (Å²) in [6, 6.07) is 14.9. The maximum atomic E-state index is 12.7. The highest BCUT2D eigenvalue weighted by Crippen LogP contribution is 2.19. The minimum absolute atomic E-state index is 0.235. The number of hydrogen-bond acceptors (Lipinski definition) is 5. The van der Waals surface area contributed by atoms with Crippen molar-refractivity contribution in [1.82, 2.24) is 16.2 Å². The van der Waals surface area contributed by atoms with Crippen LogP contribution in [0.5, 0.6) is 0 Å². The summed E-state index contributed by atoms with van der Waals surface area (Å²) in [5, 5.41) is 1.76. The van der Waals surface area contributed by atoms with Gasteiger partial charge in [-0.1, -0.05) is 47.5 Å². The molecule has 2 unspecified atom stereocenters. The Morgan fingerprint density at radius 1 is 1.04 bits per heavy atom. The standard InChI is InChI=1S/C19H24N4O3S/c1-13-3-7-15(8-4-13)11-20-18(24)17-12-21-22-19(17)27(25,26)23-16-9-5-14(2)6-10-16/h3-10,17,19,21-23H,11-12H2,1-2H3,(H,20,24). The van der Waals surface area contributed by atoms with E-state index in [0.29, 0.717) is 12.2 Å². The van der Waals surface area contributed by atoms with Crippen LogP contribution in [0.1, 0.15) is 16.7 Å². The van der Waals surface area contributed by atoms with Crippen molar-refractivity contribution in [2.75, 3.05) is 11.3 Å². The molecule has 4 N–H and O–H groups in total. The van der Waals surface area contributed by atoms with Crippen molar-refractivity contribution >= 4 is 21.6 Å². The van der Waals surface area contributed by atoms with Crippen molar-refractivity contribution in [2.24, 2.45) is 5.92 Å². The van der Waals surface area contributed by atoms with Crippen LogP contribution in [-0.2, 0) is 21.4 Å². The number of carbonyl (C=O) groups excluding carboxylic acids is 1. The molecular formula is C19H24N4O3S. The van der Waals surface area contributed by atoms with Gasteiger partial charge in [-0.3, -0.25) is 14.9 Å². The zero-order valence-corrected chi connectivity index (χ0v) is 16.1. The average molecular weight is 388 g/mol. The smallest absolute Gasteiger partial charge is 0.250 e. The van der Waals surface area contributed by atoms with E-state index >= 15 is 0 Å². The summed E-state index contributed by atoms with van der Waals surface area (Å²) in [7, 11) is -3.79. The average Bonchev–Trinajstić information content (AvgIpc) is 3.14. The van der Waals surface area contributed by atoms with Crippen LogP contribution in [0.25, 0.3) is 0 Å². The van der Waals surface area contributed by atoms with Crippen molar-refractivity contribution in [3.8, 4) is 0 Å². The maximum Gasteiger partial charge on any atom is 0.250 e. The number of sulfonamides is 1. The molecule has 0 saturated carbocycles. The van der Waals surface area contributed by atoms with E-state index in [1.807, 2.05) is 50.2 Å². The van der Waals surface area contributed by atoms with Gasteiger partial charge in [-0.25, -0.2) is 13.8 Å². The molecule has 0 radical (unpaired) electrons. The van der Waals surface area contributed by atoms with Gasteiger partial charge in [0.05, 0.1) is 5.92 Å². The molecule has 1 aliphatic heterocycles. The molecule has 8 heteroatoms. The largest absolute Gasteiger partial charge is 0.352 e. The molecule has 0 aromatic heterocycles. The predicted molar refractivity (Wildman–Crippen MR) is 105 cm³/mol. The Hall–Kier alpha value is -2.42. The summed E-state index contributed by atoms with van der Waals surface area (Å²) in [5.74, 6) is -1.05. The van der Waals surface area contributed by atoms with E-state index in [-0.39, 0.29) is 12.5 Å². The van der Waals surface area contributed by atoms with E-state index in [9.17, 15) is 13.2 Å². The second-order valence-electron chi connectivity index (χ2n) is 6.77. The Bertz CT molecular complexity index is 896. The second-order valence-corrected chi connectivity index (χ2v) is 8.57. The van der Waals surface area contributed by atoms with Gasteiger partial charge in [-0.2, -0.15) is 0 Å². The van der Waals surface area contributed by atoms with Crippen molar-refractivity contribution in [3.05, 3.63) is 65.2 Å². The Balaban J connectivity index is 1.65. The van der Waals surface area contributed by atoms with Gasteiger partial charge in [0.25, 0.3) is 10.0 Å². The van der Waals surface area contributed by atoms with E-state index in [1.165, 1.54) is 0 Å². The molecule has 7 nitrogen and oxygen atoms in total. The maximum absolute atomic E-state index is 12.7. The highest BCUT2D eigenvalue weighted by atomic mass is 32.2. The fraction of sp³-hybridized carbons (Fsp3) is 0.316. The molecule has 1 saturated heterocycles. The highest BCUT2D eigenvalue weighted by Gasteiger charge is 2.41. The number of hydrogen-bond donors (Lipinski definition) is 4. The van der Waals surface area contributed by atoms with Gasteiger partial charge in [-0.15, -0.1) is 0 Å². The van der Waals surface area contributed by atoms with Gasteiger partial charge in [0, 0.05) is 18.8 Å². The quantitative estimate of drug-likeness (QED) is 0.600. The van der Waals surface area contributed by atoms with E-state index in [2.05, 4.69) is 20.9 Å². The predicted octanol–water partition coefficient (Wildman–Crippen LogP) is 1.41. The van der Waals surface area contributed by atoms with Crippen LogP contribution in [-0.4, -0.2) is 26.2 Å². The lowest BCUT2D eigenvalue weighted by atomic mass is 10.1. The van der Waals surface area contributed by atoms with Crippen molar-refractivity contribution in [3.63, 3.8) is 0 Å². The van der Waals surface area contributed by atoms with Gasteiger partial charge in [0.2, 0.25) is 5.91 Å². The van der Waals surface area contributed by atoms with Gasteiger partial charge in [-0.05, 0) is 31.5 Å². The normalized spacial score (nSPS) is 19.6. The van der Waals surface area contributed by atoms with Crippen LogP contribution in [0, 0.1) is 19.8 Å².